The summed E-state index contributed by atoms with van der Waals surface area (Å²) in [4.78, 5) is 13.8. The number of hydrogen-bond donors (Lipinski definition) is 2. The lowest BCUT2D eigenvalue weighted by Gasteiger charge is -2.19. The van der Waals surface area contributed by atoms with E-state index in [1.165, 1.54) is 0 Å². The fourth-order valence-corrected chi connectivity index (χ4v) is 4.15. The average Bonchev–Trinajstić information content (AvgIpc) is 2.60. The van der Waals surface area contributed by atoms with Crippen LogP contribution < -0.4 is 10.6 Å². The second-order valence-electron chi connectivity index (χ2n) is 3.79. The van der Waals surface area contributed by atoms with Crippen molar-refractivity contribution < 1.29 is 4.79 Å². The number of thiocarbonyl (C=S) groups is 2. The van der Waals surface area contributed by atoms with Gasteiger partial charge in [-0.2, -0.15) is 5.26 Å². The van der Waals surface area contributed by atoms with Gasteiger partial charge in [0, 0.05) is 17.6 Å². The van der Waals surface area contributed by atoms with Gasteiger partial charge in [-0.3, -0.25) is 10.1 Å². The highest BCUT2D eigenvalue weighted by Gasteiger charge is 2.36. The molecule has 2 N–H and O–H groups in total. The van der Waals surface area contributed by atoms with Gasteiger partial charge in [0.15, 0.2) is 6.19 Å². The van der Waals surface area contributed by atoms with E-state index in [1.54, 1.807) is 18.0 Å². The summed E-state index contributed by atoms with van der Waals surface area (Å²) >= 11 is 11.9. The molecule has 0 spiro atoms. The first kappa shape index (κ1) is 12.5. The number of fused-ring (bicyclic) bond motifs is 1. The first-order valence-electron chi connectivity index (χ1n) is 5.01. The third kappa shape index (κ3) is 2.83. The number of nitrogens with one attached hydrogen (secondary N) is 2. The van der Waals surface area contributed by atoms with Gasteiger partial charge in [-0.25, -0.2) is 0 Å². The summed E-state index contributed by atoms with van der Waals surface area (Å²) in [6.45, 7) is 0. The fraction of sp³-hybridized carbons (Fsp3) is 0.400. The van der Waals surface area contributed by atoms with Crippen molar-refractivity contribution in [2.75, 3.05) is 0 Å². The maximum absolute atomic E-state index is 11.3. The lowest BCUT2D eigenvalue weighted by molar-refractivity contribution is -0.119. The Kier molecular flexibility index (Phi) is 3.76. The van der Waals surface area contributed by atoms with Crippen molar-refractivity contribution in [3.05, 3.63) is 11.0 Å². The van der Waals surface area contributed by atoms with Crippen molar-refractivity contribution in [2.24, 2.45) is 5.92 Å². The Bertz CT molecular complexity index is 466. The van der Waals surface area contributed by atoms with E-state index in [4.69, 9.17) is 29.7 Å². The van der Waals surface area contributed by atoms with E-state index >= 15 is 0 Å². The highest BCUT2D eigenvalue weighted by atomic mass is 32.2. The number of nitriles is 1. The van der Waals surface area contributed by atoms with Crippen molar-refractivity contribution >= 4 is 52.1 Å². The maximum atomic E-state index is 11.3. The number of thioether (sulfide) groups is 1. The molecule has 7 heteroatoms. The molecule has 88 valence electrons. The number of nitrogens with zero attached hydrogens (tertiary/aromatic N) is 1. The monoisotopic (exact) mass is 283 g/mol. The normalized spacial score (nSPS) is 26.6. The maximum Gasteiger partial charge on any atom is 0.234 e. The van der Waals surface area contributed by atoms with Crippen molar-refractivity contribution in [1.29, 1.82) is 5.26 Å². The molecule has 1 fully saturated rings. The van der Waals surface area contributed by atoms with Gasteiger partial charge in [0.1, 0.15) is 4.99 Å². The van der Waals surface area contributed by atoms with E-state index in [-0.39, 0.29) is 17.1 Å². The van der Waals surface area contributed by atoms with Crippen LogP contribution in [-0.4, -0.2) is 21.1 Å². The minimum absolute atomic E-state index is 0.167. The first-order valence-corrected chi connectivity index (χ1v) is 6.70. The molecule has 0 aromatic heterocycles. The minimum Gasteiger partial charge on any atom is -0.341 e. The summed E-state index contributed by atoms with van der Waals surface area (Å²) in [5.41, 5.74) is 0. The predicted octanol–water partition coefficient (Wildman–Crippen LogP) is 1.24. The van der Waals surface area contributed by atoms with Crippen molar-refractivity contribution in [3.8, 4) is 6.19 Å². The molecule has 2 aliphatic rings. The molecular formula is C10H9N3OS3. The van der Waals surface area contributed by atoms with Crippen LogP contribution in [0.15, 0.2) is 11.0 Å². The van der Waals surface area contributed by atoms with Gasteiger partial charge in [-0.05, 0) is 17.4 Å². The number of amides is 1. The summed E-state index contributed by atoms with van der Waals surface area (Å²) in [7, 11) is 0. The van der Waals surface area contributed by atoms with Gasteiger partial charge in [0.05, 0.1) is 4.99 Å². The van der Waals surface area contributed by atoms with E-state index in [0.29, 0.717) is 11.4 Å². The lowest BCUT2D eigenvalue weighted by Crippen LogP contribution is -2.35. The molecule has 4 nitrogen and oxygen atoms in total. The van der Waals surface area contributed by atoms with E-state index in [1.807, 2.05) is 6.08 Å². The van der Waals surface area contributed by atoms with Crippen LogP contribution in [0.2, 0.25) is 0 Å². The van der Waals surface area contributed by atoms with Crippen molar-refractivity contribution in [3.63, 3.8) is 0 Å². The molecule has 1 saturated heterocycles. The molecule has 2 heterocycles. The zero-order chi connectivity index (χ0) is 12.4. The van der Waals surface area contributed by atoms with Gasteiger partial charge in [0.2, 0.25) is 5.91 Å². The van der Waals surface area contributed by atoms with Gasteiger partial charge < -0.3 is 5.32 Å². The standard InChI is InChI=1S/C10H9N3OS3/c11-4-12-8(14)2-5-1-6-7(17-5)3-9(15)13-10(6)16/h3,5-6H,1-2H2,(H,12,14)(H,13,15,16). The van der Waals surface area contributed by atoms with Crippen molar-refractivity contribution in [1.82, 2.24) is 10.6 Å². The molecule has 2 unspecified atom stereocenters. The molecular weight excluding hydrogens is 274 g/mol. The molecule has 0 bridgehead atoms. The van der Waals surface area contributed by atoms with Crippen LogP contribution in [0.1, 0.15) is 12.8 Å². The van der Waals surface area contributed by atoms with Gasteiger partial charge >= 0.3 is 0 Å². The quantitative estimate of drug-likeness (QED) is 0.451. The summed E-state index contributed by atoms with van der Waals surface area (Å²) in [6.07, 6.45) is 4.70. The van der Waals surface area contributed by atoms with E-state index in [0.717, 1.165) is 16.3 Å². The van der Waals surface area contributed by atoms with E-state index in [2.05, 4.69) is 10.6 Å². The van der Waals surface area contributed by atoms with E-state index in [9.17, 15) is 4.79 Å². The number of hydrogen-bond acceptors (Lipinski definition) is 5. The van der Waals surface area contributed by atoms with Crippen LogP contribution >= 0.6 is 36.2 Å². The van der Waals surface area contributed by atoms with Crippen molar-refractivity contribution in [2.45, 2.75) is 18.1 Å². The molecule has 2 rings (SSSR count). The molecule has 2 aliphatic heterocycles. The number of carbonyl (C=O) groups is 1. The molecule has 0 aromatic carbocycles. The SMILES string of the molecule is N#CNC(=O)CC1CC2C(=S)NC(=S)C=C2S1. The van der Waals surface area contributed by atoms with Crippen LogP contribution in [0.25, 0.3) is 0 Å². The summed E-state index contributed by atoms with van der Waals surface area (Å²) in [6, 6.07) is 0. The summed E-state index contributed by atoms with van der Waals surface area (Å²) in [5, 5.41) is 13.6. The minimum atomic E-state index is -0.245. The Labute approximate surface area is 114 Å². The molecule has 17 heavy (non-hydrogen) atoms. The van der Waals surface area contributed by atoms with Crippen LogP contribution in [0, 0.1) is 17.4 Å². The zero-order valence-electron chi connectivity index (χ0n) is 8.73. The molecule has 0 saturated carbocycles. The van der Waals surface area contributed by atoms with Gasteiger partial charge in [-0.1, -0.05) is 24.4 Å². The fourth-order valence-electron chi connectivity index (χ4n) is 1.89. The Morgan fingerprint density at radius 2 is 2.47 bits per heavy atom. The Balaban J connectivity index is 2.02. The third-order valence-electron chi connectivity index (χ3n) is 2.59. The largest absolute Gasteiger partial charge is 0.341 e. The second-order valence-corrected chi connectivity index (χ2v) is 6.05. The van der Waals surface area contributed by atoms with E-state index < -0.39 is 0 Å². The van der Waals surface area contributed by atoms with Crippen LogP contribution in [-0.2, 0) is 4.79 Å². The van der Waals surface area contributed by atoms with Crippen LogP contribution in [0.3, 0.4) is 0 Å². The topological polar surface area (TPSA) is 64.9 Å². The molecule has 2 atom stereocenters. The van der Waals surface area contributed by atoms with Gasteiger partial charge in [0.25, 0.3) is 0 Å². The molecule has 1 amide bonds. The average molecular weight is 283 g/mol. The molecule has 0 radical (unpaired) electrons. The predicted molar refractivity (Wildman–Crippen MR) is 74.3 cm³/mol. The Morgan fingerprint density at radius 3 is 3.18 bits per heavy atom. The number of carbonyl (C=O) groups excluding carboxylic acids is 1. The smallest absolute Gasteiger partial charge is 0.234 e. The Morgan fingerprint density at radius 1 is 1.71 bits per heavy atom. The molecule has 0 aliphatic carbocycles. The third-order valence-corrected chi connectivity index (χ3v) is 4.56. The van der Waals surface area contributed by atoms with Crippen LogP contribution in [0.5, 0.6) is 0 Å². The molecule has 0 aromatic rings. The Hall–Kier alpha value is -0.970. The summed E-state index contributed by atoms with van der Waals surface area (Å²) < 4.78 is 0. The number of rotatable bonds is 2. The highest BCUT2D eigenvalue weighted by molar-refractivity contribution is 8.04. The second kappa shape index (κ2) is 5.12. The zero-order valence-corrected chi connectivity index (χ0v) is 11.2. The lowest BCUT2D eigenvalue weighted by atomic mass is 9.99. The van der Waals surface area contributed by atoms with Gasteiger partial charge in [-0.15, -0.1) is 11.8 Å². The van der Waals surface area contributed by atoms with Crippen LogP contribution in [0.4, 0.5) is 0 Å². The highest BCUT2D eigenvalue weighted by Crippen LogP contribution is 2.44. The summed E-state index contributed by atoms with van der Waals surface area (Å²) in [5.74, 6) is -0.0627. The first-order chi connectivity index (χ1) is 8.10.